The summed E-state index contributed by atoms with van der Waals surface area (Å²) in [6.45, 7) is 8.57. The van der Waals surface area contributed by atoms with Crippen LogP contribution in [0.3, 0.4) is 0 Å². The summed E-state index contributed by atoms with van der Waals surface area (Å²) in [6.07, 6.45) is 4.79. The topological polar surface area (TPSA) is 91.3 Å². The van der Waals surface area contributed by atoms with Gasteiger partial charge in [-0.2, -0.15) is 0 Å². The fourth-order valence-electron chi connectivity index (χ4n) is 4.38. The van der Waals surface area contributed by atoms with Crippen LogP contribution in [-0.4, -0.2) is 42.3 Å². The van der Waals surface area contributed by atoms with Crippen LogP contribution in [0.4, 0.5) is 0 Å². The van der Waals surface area contributed by atoms with Crippen LogP contribution in [0.15, 0.2) is 30.3 Å². The molecule has 7 heteroatoms. The van der Waals surface area contributed by atoms with Crippen molar-refractivity contribution in [1.29, 1.82) is 0 Å². The van der Waals surface area contributed by atoms with Crippen molar-refractivity contribution in [2.75, 3.05) is 19.8 Å². The maximum Gasteiger partial charge on any atom is 0.305 e. The van der Waals surface area contributed by atoms with E-state index in [1.165, 1.54) is 6.92 Å². The molecule has 36 heavy (non-hydrogen) atoms. The highest BCUT2D eigenvalue weighted by Gasteiger charge is 2.32. The van der Waals surface area contributed by atoms with E-state index >= 15 is 0 Å². The molecule has 0 spiro atoms. The SMILES string of the molecule is CCCc1c(OCCCOc2ccc3c(c2)OC(C)(CCC(=O)OCC)CC3)ccc(C(C)=O)c1O. The molecule has 1 aliphatic heterocycles. The predicted octanol–water partition coefficient (Wildman–Crippen LogP) is 5.82. The molecule has 0 fully saturated rings. The van der Waals surface area contributed by atoms with Gasteiger partial charge >= 0.3 is 5.97 Å². The Kier molecular flexibility index (Phi) is 9.62. The van der Waals surface area contributed by atoms with Gasteiger partial charge in [0.15, 0.2) is 5.78 Å². The minimum absolute atomic E-state index is 0.0152. The number of rotatable bonds is 13. The number of hydrogen-bond acceptors (Lipinski definition) is 7. The van der Waals surface area contributed by atoms with Gasteiger partial charge in [-0.3, -0.25) is 9.59 Å². The highest BCUT2D eigenvalue weighted by atomic mass is 16.5. The van der Waals surface area contributed by atoms with Gasteiger partial charge in [0.25, 0.3) is 0 Å². The van der Waals surface area contributed by atoms with Crippen molar-refractivity contribution in [3.63, 3.8) is 0 Å². The molecule has 7 nitrogen and oxygen atoms in total. The Morgan fingerprint density at radius 1 is 1.11 bits per heavy atom. The maximum atomic E-state index is 11.8. The van der Waals surface area contributed by atoms with E-state index in [-0.39, 0.29) is 17.5 Å². The molecule has 2 aromatic carbocycles. The first-order chi connectivity index (χ1) is 17.3. The molecular weight excluding hydrogens is 460 g/mol. The summed E-state index contributed by atoms with van der Waals surface area (Å²) in [7, 11) is 0. The van der Waals surface area contributed by atoms with Gasteiger partial charge in [-0.15, -0.1) is 0 Å². The highest BCUT2D eigenvalue weighted by Crippen LogP contribution is 2.38. The van der Waals surface area contributed by atoms with Crippen LogP contribution >= 0.6 is 0 Å². The fourth-order valence-corrected chi connectivity index (χ4v) is 4.38. The van der Waals surface area contributed by atoms with Crippen molar-refractivity contribution in [3.05, 3.63) is 47.0 Å². The molecular formula is C29H38O7. The summed E-state index contributed by atoms with van der Waals surface area (Å²) in [5.74, 6) is 1.77. The van der Waals surface area contributed by atoms with Crippen LogP contribution in [-0.2, 0) is 22.4 Å². The Hall–Kier alpha value is -3.22. The molecule has 0 amide bonds. The number of esters is 1. The molecule has 1 unspecified atom stereocenters. The van der Waals surface area contributed by atoms with Crippen LogP contribution < -0.4 is 14.2 Å². The third-order valence-electron chi connectivity index (χ3n) is 6.42. The van der Waals surface area contributed by atoms with Crippen molar-refractivity contribution < 1.29 is 33.6 Å². The van der Waals surface area contributed by atoms with Gasteiger partial charge in [-0.25, -0.2) is 0 Å². The van der Waals surface area contributed by atoms with Gasteiger partial charge in [0.1, 0.15) is 28.6 Å². The first-order valence-electron chi connectivity index (χ1n) is 12.8. The van der Waals surface area contributed by atoms with E-state index < -0.39 is 5.60 Å². The van der Waals surface area contributed by atoms with Crippen LogP contribution in [0.1, 0.15) is 81.3 Å². The molecule has 0 bridgehead atoms. The lowest BCUT2D eigenvalue weighted by atomic mass is 9.89. The zero-order valence-electron chi connectivity index (χ0n) is 21.9. The van der Waals surface area contributed by atoms with E-state index in [0.717, 1.165) is 36.3 Å². The van der Waals surface area contributed by atoms with Gasteiger partial charge in [0, 0.05) is 24.5 Å². The van der Waals surface area contributed by atoms with Crippen molar-refractivity contribution in [3.8, 4) is 23.0 Å². The molecule has 0 radical (unpaired) electrons. The Morgan fingerprint density at radius 3 is 2.61 bits per heavy atom. The second-order valence-electron chi connectivity index (χ2n) is 9.42. The van der Waals surface area contributed by atoms with Gasteiger partial charge in [0.05, 0.1) is 25.4 Å². The molecule has 1 atom stereocenters. The second kappa shape index (κ2) is 12.7. The lowest BCUT2D eigenvalue weighted by molar-refractivity contribution is -0.144. The fraction of sp³-hybridized carbons (Fsp3) is 0.517. The number of aryl methyl sites for hydroxylation is 1. The average molecular weight is 499 g/mol. The van der Waals surface area contributed by atoms with E-state index in [9.17, 15) is 14.7 Å². The lowest BCUT2D eigenvalue weighted by Crippen LogP contribution is -2.37. The number of phenolic OH excluding ortho intramolecular Hbond substituents is 1. The molecule has 0 aliphatic carbocycles. The first-order valence-corrected chi connectivity index (χ1v) is 12.8. The van der Waals surface area contributed by atoms with E-state index in [1.807, 2.05) is 39.0 Å². The quantitative estimate of drug-likeness (QED) is 0.211. The monoisotopic (exact) mass is 498 g/mol. The van der Waals surface area contributed by atoms with Crippen molar-refractivity contribution >= 4 is 11.8 Å². The molecule has 1 heterocycles. The number of phenols is 1. The van der Waals surface area contributed by atoms with Crippen LogP contribution in [0.5, 0.6) is 23.0 Å². The molecule has 0 aromatic heterocycles. The summed E-state index contributed by atoms with van der Waals surface area (Å²) in [5, 5.41) is 10.5. The summed E-state index contributed by atoms with van der Waals surface area (Å²) in [5.41, 5.74) is 1.72. The Bertz CT molecular complexity index is 1060. The minimum Gasteiger partial charge on any atom is -0.507 e. The summed E-state index contributed by atoms with van der Waals surface area (Å²) in [4.78, 5) is 23.5. The van der Waals surface area contributed by atoms with E-state index in [0.29, 0.717) is 62.4 Å². The van der Waals surface area contributed by atoms with E-state index in [4.69, 9.17) is 18.9 Å². The van der Waals surface area contributed by atoms with Crippen LogP contribution in [0.2, 0.25) is 0 Å². The summed E-state index contributed by atoms with van der Waals surface area (Å²) >= 11 is 0. The van der Waals surface area contributed by atoms with Crippen LogP contribution in [0.25, 0.3) is 0 Å². The number of aromatic hydroxyl groups is 1. The molecule has 1 aliphatic rings. The Balaban J connectivity index is 1.51. The van der Waals surface area contributed by atoms with Gasteiger partial charge < -0.3 is 24.1 Å². The third-order valence-corrected chi connectivity index (χ3v) is 6.42. The molecule has 0 saturated heterocycles. The Morgan fingerprint density at radius 2 is 1.89 bits per heavy atom. The third kappa shape index (κ3) is 7.15. The van der Waals surface area contributed by atoms with Crippen molar-refractivity contribution in [2.24, 2.45) is 0 Å². The Labute approximate surface area is 213 Å². The maximum absolute atomic E-state index is 11.8. The number of hydrogen-bond donors (Lipinski definition) is 1. The lowest BCUT2D eigenvalue weighted by Gasteiger charge is -2.36. The number of benzene rings is 2. The zero-order valence-corrected chi connectivity index (χ0v) is 21.9. The average Bonchev–Trinajstić information content (AvgIpc) is 2.84. The largest absolute Gasteiger partial charge is 0.507 e. The predicted molar refractivity (Wildman–Crippen MR) is 137 cm³/mol. The summed E-state index contributed by atoms with van der Waals surface area (Å²) < 4.78 is 23.2. The van der Waals surface area contributed by atoms with Gasteiger partial charge in [-0.05, 0) is 70.2 Å². The normalized spacial score (nSPS) is 16.6. The van der Waals surface area contributed by atoms with E-state index in [1.54, 1.807) is 12.1 Å². The van der Waals surface area contributed by atoms with Crippen molar-refractivity contribution in [2.45, 2.75) is 78.2 Å². The molecule has 196 valence electrons. The second-order valence-corrected chi connectivity index (χ2v) is 9.42. The molecule has 0 saturated carbocycles. The van der Waals surface area contributed by atoms with Crippen molar-refractivity contribution in [1.82, 2.24) is 0 Å². The first kappa shape index (κ1) is 27.4. The summed E-state index contributed by atoms with van der Waals surface area (Å²) in [6, 6.07) is 9.25. The van der Waals surface area contributed by atoms with Gasteiger partial charge in [0.2, 0.25) is 0 Å². The number of fused-ring (bicyclic) bond motifs is 1. The number of carbonyl (C=O) groups is 2. The highest BCUT2D eigenvalue weighted by molar-refractivity contribution is 5.97. The molecule has 1 N–H and O–H groups in total. The smallest absolute Gasteiger partial charge is 0.305 e. The standard InChI is InChI=1S/C29H38O7/c1-5-8-24-25(12-11-23(20(3)30)28(24)32)35-18-7-17-34-22-10-9-21-13-15-29(4,36-26(21)19-22)16-14-27(31)33-6-2/h9-12,19,32H,5-8,13-18H2,1-4H3. The van der Waals surface area contributed by atoms with Gasteiger partial charge in [-0.1, -0.05) is 19.4 Å². The molecule has 2 aromatic rings. The zero-order chi connectivity index (χ0) is 26.1. The minimum atomic E-state index is -0.411. The molecule has 3 rings (SSSR count). The number of ether oxygens (including phenoxy) is 4. The number of ketones is 1. The number of carbonyl (C=O) groups excluding carboxylic acids is 2. The van der Waals surface area contributed by atoms with Crippen LogP contribution in [0, 0.1) is 0 Å². The number of Topliss-reactive ketones (excluding diaryl/α,β-unsaturated/α-hetero) is 1. The van der Waals surface area contributed by atoms with E-state index in [2.05, 4.69) is 0 Å².